The van der Waals surface area contributed by atoms with Crippen LogP contribution in [-0.4, -0.2) is 69.9 Å². The van der Waals surface area contributed by atoms with Gasteiger partial charge < -0.3 is 14.7 Å². The van der Waals surface area contributed by atoms with Gasteiger partial charge in [0.05, 0.1) is 0 Å². The van der Waals surface area contributed by atoms with Crippen molar-refractivity contribution in [2.45, 2.75) is 14.7 Å². The predicted octanol–water partition coefficient (Wildman–Crippen LogP) is 6.45. The largest absolute Gasteiger partial charge is 0.363 e. The van der Waals surface area contributed by atoms with Gasteiger partial charge in [0, 0.05) is 57.0 Å². The zero-order chi connectivity index (χ0) is 20.6. The Labute approximate surface area is 202 Å². The number of thiocarbonyl (C=S) groups is 3. The van der Waals surface area contributed by atoms with Crippen molar-refractivity contribution >= 4 is 114 Å². The molecule has 0 aliphatic rings. The molecule has 0 atom stereocenters. The predicted molar refractivity (Wildman–Crippen MR) is 146 cm³/mol. The van der Waals surface area contributed by atoms with E-state index in [4.69, 9.17) is 36.7 Å². The molecule has 27 heavy (non-hydrogen) atoms. The van der Waals surface area contributed by atoms with E-state index in [1.807, 2.05) is 57.0 Å². The smallest absolute Gasteiger partial charge is 0.146 e. The summed E-state index contributed by atoms with van der Waals surface area (Å²) in [7, 11) is 21.5. The summed E-state index contributed by atoms with van der Waals surface area (Å²) in [5, 5.41) is 0. The van der Waals surface area contributed by atoms with Gasteiger partial charge in [-0.3, -0.25) is 0 Å². The molecule has 0 heterocycles. The van der Waals surface area contributed by atoms with E-state index >= 15 is 0 Å². The molecular formula is C15H21N3S9. The second-order valence-electron chi connectivity index (χ2n) is 5.62. The summed E-state index contributed by atoms with van der Waals surface area (Å²) < 4.78 is 2.54. The van der Waals surface area contributed by atoms with E-state index in [2.05, 4.69) is 18.2 Å². The van der Waals surface area contributed by atoms with Crippen LogP contribution in [0, 0.1) is 0 Å². The van der Waals surface area contributed by atoms with Crippen molar-refractivity contribution in [1.82, 2.24) is 14.7 Å². The molecule has 0 aliphatic heterocycles. The van der Waals surface area contributed by atoms with E-state index in [9.17, 15) is 0 Å². The van der Waals surface area contributed by atoms with Crippen LogP contribution < -0.4 is 0 Å². The van der Waals surface area contributed by atoms with E-state index in [1.165, 1.54) is 0 Å². The fraction of sp³-hybridized carbons (Fsp3) is 0.400. The van der Waals surface area contributed by atoms with E-state index in [-0.39, 0.29) is 0 Å². The lowest BCUT2D eigenvalue weighted by Gasteiger charge is -2.15. The first-order valence-electron chi connectivity index (χ1n) is 7.42. The third-order valence-electron chi connectivity index (χ3n) is 2.58. The maximum atomic E-state index is 5.38. The molecule has 1 aromatic rings. The third-order valence-corrected chi connectivity index (χ3v) is 12.3. The summed E-state index contributed by atoms with van der Waals surface area (Å²) >= 11 is 16.1. The average molecular weight is 532 g/mol. The van der Waals surface area contributed by atoms with Crippen LogP contribution in [0.4, 0.5) is 0 Å². The molecule has 0 saturated carbocycles. The first-order valence-corrected chi connectivity index (χ1v) is 15.1. The normalized spacial score (nSPS) is 10.4. The molecule has 150 valence electrons. The van der Waals surface area contributed by atoms with E-state index in [0.717, 1.165) is 27.6 Å². The minimum atomic E-state index is 0.846. The zero-order valence-corrected chi connectivity index (χ0v) is 23.1. The molecule has 0 aromatic heterocycles. The summed E-state index contributed by atoms with van der Waals surface area (Å²) in [4.78, 5) is 9.30. The van der Waals surface area contributed by atoms with Crippen molar-refractivity contribution in [3.8, 4) is 0 Å². The Bertz CT molecular complexity index is 574. The molecular weight excluding hydrogens is 511 g/mol. The van der Waals surface area contributed by atoms with Gasteiger partial charge in [0.15, 0.2) is 0 Å². The Morgan fingerprint density at radius 3 is 0.963 bits per heavy atom. The Hall–Kier alpha value is 0.990. The highest BCUT2D eigenvalue weighted by atomic mass is 33.1. The highest BCUT2D eigenvalue weighted by Gasteiger charge is 2.10. The highest BCUT2D eigenvalue weighted by Crippen LogP contribution is 2.43. The monoisotopic (exact) mass is 531 g/mol. The van der Waals surface area contributed by atoms with E-state index in [1.54, 1.807) is 64.8 Å². The zero-order valence-electron chi connectivity index (χ0n) is 15.7. The average Bonchev–Trinajstić information content (AvgIpc) is 2.61. The van der Waals surface area contributed by atoms with Gasteiger partial charge in [-0.1, -0.05) is 69.0 Å². The molecule has 0 aliphatic carbocycles. The molecule has 1 rings (SSSR count). The summed E-state index contributed by atoms with van der Waals surface area (Å²) in [5.74, 6) is 0. The van der Waals surface area contributed by atoms with Gasteiger partial charge in [0.25, 0.3) is 0 Å². The number of nitrogens with zero attached hydrogens (tertiary/aromatic N) is 3. The van der Waals surface area contributed by atoms with Crippen LogP contribution in [0.3, 0.4) is 0 Å². The highest BCUT2D eigenvalue weighted by molar-refractivity contribution is 8.84. The quantitative estimate of drug-likeness (QED) is 0.295. The van der Waals surface area contributed by atoms with Crippen molar-refractivity contribution in [1.29, 1.82) is 0 Å². The molecule has 0 radical (unpaired) electrons. The van der Waals surface area contributed by atoms with Crippen molar-refractivity contribution in [2.75, 3.05) is 42.3 Å². The molecule has 0 saturated heterocycles. The number of benzene rings is 1. The standard InChI is InChI=1S/C15H21N3S9/c1-16(2)13(19)25-22-10-7-11(23-26-14(20)17(3)4)9-12(8-10)24-27-15(21)18(5)6/h7-9H,1-6H3. The van der Waals surface area contributed by atoms with Gasteiger partial charge in [-0.05, 0) is 50.6 Å². The lowest BCUT2D eigenvalue weighted by molar-refractivity contribution is 0.648. The second-order valence-corrected chi connectivity index (χ2v) is 14.1. The van der Waals surface area contributed by atoms with Crippen LogP contribution in [0.15, 0.2) is 32.9 Å². The van der Waals surface area contributed by atoms with Crippen LogP contribution in [0.25, 0.3) is 0 Å². The minimum absolute atomic E-state index is 0.846. The van der Waals surface area contributed by atoms with Crippen LogP contribution >= 0.6 is 101 Å². The SMILES string of the molecule is CN(C)C(=S)SSc1cc(SSC(=S)N(C)C)cc(SSC(=S)N(C)C)c1. The van der Waals surface area contributed by atoms with Crippen LogP contribution in [-0.2, 0) is 0 Å². The topological polar surface area (TPSA) is 9.72 Å². The second kappa shape index (κ2) is 13.3. The Morgan fingerprint density at radius 1 is 0.556 bits per heavy atom. The van der Waals surface area contributed by atoms with Gasteiger partial charge in [-0.25, -0.2) is 0 Å². The van der Waals surface area contributed by atoms with Gasteiger partial charge in [-0.15, -0.1) is 0 Å². The van der Waals surface area contributed by atoms with E-state index in [0.29, 0.717) is 0 Å². The number of rotatable bonds is 6. The summed E-state index contributed by atoms with van der Waals surface area (Å²) in [6.45, 7) is 0. The van der Waals surface area contributed by atoms with Crippen molar-refractivity contribution in [3.05, 3.63) is 18.2 Å². The lowest BCUT2D eigenvalue weighted by Crippen LogP contribution is -2.15. The first kappa shape index (κ1) is 26.0. The van der Waals surface area contributed by atoms with Crippen molar-refractivity contribution in [3.63, 3.8) is 0 Å². The van der Waals surface area contributed by atoms with E-state index < -0.39 is 0 Å². The van der Waals surface area contributed by atoms with Gasteiger partial charge in [0.1, 0.15) is 13.0 Å². The molecule has 3 nitrogen and oxygen atoms in total. The summed E-state index contributed by atoms with van der Waals surface area (Å²) in [6.07, 6.45) is 0. The maximum absolute atomic E-state index is 5.38. The lowest BCUT2D eigenvalue weighted by atomic mass is 10.4. The van der Waals surface area contributed by atoms with Gasteiger partial charge >= 0.3 is 0 Å². The molecule has 12 heteroatoms. The first-order chi connectivity index (χ1) is 12.6. The Balaban J connectivity index is 2.90. The maximum Gasteiger partial charge on any atom is 0.146 e. The van der Waals surface area contributed by atoms with Gasteiger partial charge in [0.2, 0.25) is 0 Å². The van der Waals surface area contributed by atoms with Crippen LogP contribution in [0.5, 0.6) is 0 Å². The number of hydrogen-bond donors (Lipinski definition) is 0. The summed E-state index contributed by atoms with van der Waals surface area (Å²) in [6, 6.07) is 6.51. The fourth-order valence-corrected chi connectivity index (χ4v) is 8.02. The number of hydrogen-bond acceptors (Lipinski definition) is 9. The fourth-order valence-electron chi connectivity index (χ4n) is 1.16. The molecule has 0 N–H and O–H groups in total. The Kier molecular flexibility index (Phi) is 12.8. The molecule has 0 unspecified atom stereocenters. The molecule has 0 bridgehead atoms. The van der Waals surface area contributed by atoms with Crippen LogP contribution in [0.1, 0.15) is 0 Å². The molecule has 0 spiro atoms. The van der Waals surface area contributed by atoms with Crippen molar-refractivity contribution < 1.29 is 0 Å². The molecule has 0 fully saturated rings. The van der Waals surface area contributed by atoms with Crippen molar-refractivity contribution in [2.24, 2.45) is 0 Å². The Morgan fingerprint density at radius 2 is 0.778 bits per heavy atom. The van der Waals surface area contributed by atoms with Gasteiger partial charge in [-0.2, -0.15) is 0 Å². The molecule has 0 amide bonds. The third kappa shape index (κ3) is 10.5. The minimum Gasteiger partial charge on any atom is -0.363 e. The van der Waals surface area contributed by atoms with Crippen LogP contribution in [0.2, 0.25) is 0 Å². The summed E-state index contributed by atoms with van der Waals surface area (Å²) in [5.41, 5.74) is 0. The molecule has 1 aromatic carbocycles.